The Bertz CT molecular complexity index is 2280. The summed E-state index contributed by atoms with van der Waals surface area (Å²) in [7, 11) is 0. The third-order valence-corrected chi connectivity index (χ3v) is 10.4. The average Bonchev–Trinajstić information content (AvgIpc) is 3.63. The Morgan fingerprint density at radius 2 is 1.57 bits per heavy atom. The van der Waals surface area contributed by atoms with Crippen LogP contribution in [0.3, 0.4) is 0 Å². The van der Waals surface area contributed by atoms with Gasteiger partial charge in [-0.3, -0.25) is 4.57 Å². The molecule has 0 amide bonds. The van der Waals surface area contributed by atoms with Crippen LogP contribution in [0, 0.1) is 19.8 Å². The molecule has 3 heterocycles. The minimum absolute atomic E-state index is 0.491. The van der Waals surface area contributed by atoms with Crippen molar-refractivity contribution in [2.24, 2.45) is 5.92 Å². The van der Waals surface area contributed by atoms with Crippen LogP contribution in [0.5, 0.6) is 11.5 Å². The highest BCUT2D eigenvalue weighted by Gasteiger charge is 2.19. The summed E-state index contributed by atoms with van der Waals surface area (Å²) in [6.07, 6.45) is 9.04. The quantitative estimate of drug-likeness (QED) is 0.122. The molecule has 2 atom stereocenters. The van der Waals surface area contributed by atoms with Crippen molar-refractivity contribution in [2.75, 3.05) is 0 Å². The van der Waals surface area contributed by atoms with Gasteiger partial charge in [-0.25, -0.2) is 9.67 Å². The van der Waals surface area contributed by atoms with Gasteiger partial charge in [-0.2, -0.15) is 5.10 Å². The van der Waals surface area contributed by atoms with Crippen molar-refractivity contribution in [1.82, 2.24) is 19.3 Å². The highest BCUT2D eigenvalue weighted by Crippen LogP contribution is 2.38. The van der Waals surface area contributed by atoms with Crippen LogP contribution >= 0.6 is 0 Å². The van der Waals surface area contributed by atoms with Crippen LogP contribution in [0.25, 0.3) is 44.4 Å². The molecule has 2 unspecified atom stereocenters. The van der Waals surface area contributed by atoms with Gasteiger partial charge in [0.1, 0.15) is 17.3 Å². The molecule has 4 aromatic carbocycles. The number of rotatable bonds is 13. The van der Waals surface area contributed by atoms with Crippen molar-refractivity contribution >= 4 is 21.8 Å². The van der Waals surface area contributed by atoms with E-state index in [2.05, 4.69) is 131 Å². The third kappa shape index (κ3) is 7.08. The van der Waals surface area contributed by atoms with E-state index in [1.807, 2.05) is 29.1 Å². The van der Waals surface area contributed by atoms with Crippen LogP contribution in [0.2, 0.25) is 0 Å². The molecule has 260 valence electrons. The lowest BCUT2D eigenvalue weighted by atomic mass is 9.88. The number of pyridine rings is 1. The van der Waals surface area contributed by atoms with E-state index in [1.54, 1.807) is 0 Å². The zero-order chi connectivity index (χ0) is 35.5. The lowest BCUT2D eigenvalue weighted by molar-refractivity contribution is 0.449. The smallest absolute Gasteiger partial charge is 0.137 e. The van der Waals surface area contributed by atoms with Gasteiger partial charge in [0.25, 0.3) is 0 Å². The van der Waals surface area contributed by atoms with Crippen LogP contribution in [-0.4, -0.2) is 19.3 Å². The first-order chi connectivity index (χ1) is 24.8. The second-order valence-electron chi connectivity index (χ2n) is 14.4. The Morgan fingerprint density at radius 1 is 0.745 bits per heavy atom. The molecule has 0 spiro atoms. The number of unbranched alkanes of at least 4 members (excludes halogenated alkanes) is 1. The summed E-state index contributed by atoms with van der Waals surface area (Å²) in [5.41, 5.74) is 10.4. The van der Waals surface area contributed by atoms with Crippen molar-refractivity contribution in [2.45, 2.75) is 86.0 Å². The van der Waals surface area contributed by atoms with Crippen molar-refractivity contribution in [3.05, 3.63) is 132 Å². The minimum atomic E-state index is 0.491. The summed E-state index contributed by atoms with van der Waals surface area (Å²) in [4.78, 5) is 4.92. The van der Waals surface area contributed by atoms with Crippen molar-refractivity contribution < 1.29 is 4.74 Å². The molecular weight excluding hydrogens is 625 g/mol. The number of ether oxygens (including phenoxy) is 1. The molecule has 5 heteroatoms. The largest absolute Gasteiger partial charge is 0.457 e. The topological polar surface area (TPSA) is 44.9 Å². The zero-order valence-corrected chi connectivity index (χ0v) is 31.0. The fourth-order valence-corrected chi connectivity index (χ4v) is 7.84. The van der Waals surface area contributed by atoms with Crippen LogP contribution in [0.15, 0.2) is 109 Å². The van der Waals surface area contributed by atoms with Gasteiger partial charge >= 0.3 is 0 Å². The Kier molecular flexibility index (Phi) is 10.1. The van der Waals surface area contributed by atoms with Crippen molar-refractivity contribution in [3.63, 3.8) is 0 Å². The molecule has 51 heavy (non-hydrogen) atoms. The third-order valence-electron chi connectivity index (χ3n) is 10.4. The molecule has 0 saturated carbocycles. The highest BCUT2D eigenvalue weighted by molar-refractivity contribution is 6.09. The summed E-state index contributed by atoms with van der Waals surface area (Å²) in [6, 6.07) is 36.6. The van der Waals surface area contributed by atoms with Crippen molar-refractivity contribution in [3.8, 4) is 34.1 Å². The molecule has 5 nitrogen and oxygen atoms in total. The SMILES string of the molecule is CCCCc1ccnc(-n2c3ccc(C(C)CC(C)CCC)cc3c3ccc(Oc4cccc(-n5nc(C)c(-c6ccccc6)c5C)c4)cc32)c1. The predicted molar refractivity (Wildman–Crippen MR) is 213 cm³/mol. The van der Waals surface area contributed by atoms with Gasteiger partial charge in [-0.05, 0) is 110 Å². The molecule has 7 aromatic rings. The van der Waals surface area contributed by atoms with E-state index in [0.29, 0.717) is 11.8 Å². The van der Waals surface area contributed by atoms with Gasteiger partial charge < -0.3 is 4.74 Å². The maximum absolute atomic E-state index is 6.63. The molecule has 7 rings (SSSR count). The molecule has 0 N–H and O–H groups in total. The zero-order valence-electron chi connectivity index (χ0n) is 31.0. The number of hydrogen-bond donors (Lipinski definition) is 0. The van der Waals surface area contributed by atoms with Gasteiger partial charge in [0.2, 0.25) is 0 Å². The van der Waals surface area contributed by atoms with Gasteiger partial charge in [-0.1, -0.05) is 89.4 Å². The van der Waals surface area contributed by atoms with E-state index in [0.717, 1.165) is 52.8 Å². The van der Waals surface area contributed by atoms with Gasteiger partial charge in [0.15, 0.2) is 0 Å². The monoisotopic (exact) mass is 674 g/mol. The van der Waals surface area contributed by atoms with Crippen LogP contribution < -0.4 is 4.74 Å². The molecule has 0 saturated heterocycles. The van der Waals surface area contributed by atoms with Gasteiger partial charge in [0, 0.05) is 40.4 Å². The summed E-state index contributed by atoms with van der Waals surface area (Å²) >= 11 is 0. The highest BCUT2D eigenvalue weighted by atomic mass is 16.5. The summed E-state index contributed by atoms with van der Waals surface area (Å²) in [5, 5.41) is 7.40. The minimum Gasteiger partial charge on any atom is -0.457 e. The Balaban J connectivity index is 1.28. The lowest BCUT2D eigenvalue weighted by Gasteiger charge is -2.17. The van der Waals surface area contributed by atoms with E-state index in [4.69, 9.17) is 14.8 Å². The fraction of sp³-hybridized carbons (Fsp3) is 0.304. The van der Waals surface area contributed by atoms with Crippen LogP contribution in [0.4, 0.5) is 0 Å². The Hall–Kier alpha value is -5.16. The normalized spacial score (nSPS) is 12.8. The van der Waals surface area contributed by atoms with Crippen LogP contribution in [0.1, 0.15) is 88.2 Å². The van der Waals surface area contributed by atoms with E-state index < -0.39 is 0 Å². The lowest BCUT2D eigenvalue weighted by Crippen LogP contribution is -2.02. The van der Waals surface area contributed by atoms with E-state index >= 15 is 0 Å². The standard InChI is InChI=1S/C46H50N4O/c1-7-9-15-35-24-25-47-45(27-35)49-43-23-20-37(32(4)26-31(3)14-8-2)28-42(43)41-22-21-40(30-44(41)49)51-39-19-13-18-38(29-39)50-34(6)46(33(5)48-50)36-16-11-10-12-17-36/h10-13,16-25,27-32H,7-9,14-15,26H2,1-6H3. The van der Waals surface area contributed by atoms with E-state index in [1.165, 1.54) is 64.2 Å². The van der Waals surface area contributed by atoms with Crippen LogP contribution in [-0.2, 0) is 6.42 Å². The number of benzene rings is 4. The molecule has 0 aliphatic rings. The molecule has 0 bridgehead atoms. The van der Waals surface area contributed by atoms with Gasteiger partial charge in [0.05, 0.1) is 22.4 Å². The second-order valence-corrected chi connectivity index (χ2v) is 14.4. The molecular formula is C46H50N4O. The van der Waals surface area contributed by atoms with E-state index in [9.17, 15) is 0 Å². The number of hydrogen-bond acceptors (Lipinski definition) is 3. The second kappa shape index (κ2) is 15.0. The molecule has 3 aromatic heterocycles. The number of aryl methyl sites for hydroxylation is 2. The molecule has 0 radical (unpaired) electrons. The summed E-state index contributed by atoms with van der Waals surface area (Å²) < 4.78 is 11.0. The average molecular weight is 675 g/mol. The summed E-state index contributed by atoms with van der Waals surface area (Å²) in [5.74, 6) is 3.69. The number of fused-ring (bicyclic) bond motifs is 3. The molecule has 0 aliphatic heterocycles. The maximum Gasteiger partial charge on any atom is 0.137 e. The Morgan fingerprint density at radius 3 is 2.37 bits per heavy atom. The van der Waals surface area contributed by atoms with Gasteiger partial charge in [-0.15, -0.1) is 0 Å². The maximum atomic E-state index is 6.63. The number of nitrogens with zero attached hydrogens (tertiary/aromatic N) is 4. The fourth-order valence-electron chi connectivity index (χ4n) is 7.84. The Labute approximate surface area is 302 Å². The van der Waals surface area contributed by atoms with E-state index in [-0.39, 0.29) is 0 Å². The molecule has 0 aliphatic carbocycles. The first kappa shape index (κ1) is 34.3. The molecule has 0 fully saturated rings. The first-order valence-electron chi connectivity index (χ1n) is 18.8. The number of aromatic nitrogens is 4. The predicted octanol–water partition coefficient (Wildman–Crippen LogP) is 12.7. The van der Waals surface area contributed by atoms with Crippen molar-refractivity contribution in [1.29, 1.82) is 0 Å². The summed E-state index contributed by atoms with van der Waals surface area (Å²) in [6.45, 7) is 13.5. The first-order valence-corrected chi connectivity index (χ1v) is 18.8.